The standard InChI is InChI=1S/C15H21FN2O3/c1-11(13-3-2-12(19)10-14(13)16)17-5-4-15(20)18-6-8-21-9-7-18/h2-3,10-11,17,19H,4-9H2,1H3. The third-order valence-corrected chi connectivity index (χ3v) is 3.60. The van der Waals surface area contributed by atoms with Crippen LogP contribution in [0.2, 0.25) is 0 Å². The van der Waals surface area contributed by atoms with Gasteiger partial charge in [0.05, 0.1) is 13.2 Å². The molecular weight excluding hydrogens is 275 g/mol. The minimum Gasteiger partial charge on any atom is -0.508 e. The van der Waals surface area contributed by atoms with Crippen LogP contribution in [0.1, 0.15) is 24.9 Å². The molecule has 1 unspecified atom stereocenters. The lowest BCUT2D eigenvalue weighted by molar-refractivity contribution is -0.135. The number of phenols is 1. The van der Waals surface area contributed by atoms with Gasteiger partial charge in [0, 0.05) is 43.7 Å². The fraction of sp³-hybridized carbons (Fsp3) is 0.533. The number of benzene rings is 1. The molecule has 1 aliphatic rings. The van der Waals surface area contributed by atoms with Gasteiger partial charge in [-0.3, -0.25) is 4.79 Å². The molecule has 6 heteroatoms. The Bertz CT molecular complexity index is 490. The number of hydrogen-bond acceptors (Lipinski definition) is 4. The summed E-state index contributed by atoms with van der Waals surface area (Å²) in [6, 6.07) is 3.87. The van der Waals surface area contributed by atoms with Gasteiger partial charge in [-0.1, -0.05) is 6.07 Å². The summed E-state index contributed by atoms with van der Waals surface area (Å²) in [6.07, 6.45) is 0.379. The molecule has 0 radical (unpaired) electrons. The molecule has 1 saturated heterocycles. The Balaban J connectivity index is 1.78. The van der Waals surface area contributed by atoms with Crippen LogP contribution in [0.4, 0.5) is 4.39 Å². The van der Waals surface area contributed by atoms with E-state index in [0.717, 1.165) is 6.07 Å². The van der Waals surface area contributed by atoms with Crippen LogP contribution in [-0.4, -0.2) is 48.8 Å². The first-order chi connectivity index (χ1) is 10.1. The SMILES string of the molecule is CC(NCCC(=O)N1CCOCC1)c1ccc(O)cc1F. The van der Waals surface area contributed by atoms with E-state index in [1.54, 1.807) is 11.0 Å². The Morgan fingerprint density at radius 3 is 2.86 bits per heavy atom. The largest absolute Gasteiger partial charge is 0.508 e. The van der Waals surface area contributed by atoms with Crippen LogP contribution in [0, 0.1) is 5.82 Å². The summed E-state index contributed by atoms with van der Waals surface area (Å²) in [5.41, 5.74) is 0.478. The van der Waals surface area contributed by atoms with Crippen molar-refractivity contribution >= 4 is 5.91 Å². The zero-order valence-corrected chi connectivity index (χ0v) is 12.1. The Morgan fingerprint density at radius 1 is 1.48 bits per heavy atom. The fourth-order valence-electron chi connectivity index (χ4n) is 2.34. The van der Waals surface area contributed by atoms with Crippen LogP contribution in [0.5, 0.6) is 5.75 Å². The van der Waals surface area contributed by atoms with Crippen molar-refractivity contribution in [3.05, 3.63) is 29.6 Å². The Hall–Kier alpha value is -1.66. The van der Waals surface area contributed by atoms with Crippen molar-refractivity contribution in [3.63, 3.8) is 0 Å². The van der Waals surface area contributed by atoms with E-state index < -0.39 is 5.82 Å². The highest BCUT2D eigenvalue weighted by Gasteiger charge is 2.17. The minimum atomic E-state index is -0.450. The van der Waals surface area contributed by atoms with Gasteiger partial charge in [-0.25, -0.2) is 4.39 Å². The van der Waals surface area contributed by atoms with Crippen molar-refractivity contribution in [2.24, 2.45) is 0 Å². The summed E-state index contributed by atoms with van der Waals surface area (Å²) in [5, 5.41) is 12.3. The number of morpholine rings is 1. The second-order valence-electron chi connectivity index (χ2n) is 5.12. The summed E-state index contributed by atoms with van der Waals surface area (Å²) in [6.45, 7) is 4.77. The molecule has 5 nitrogen and oxygen atoms in total. The zero-order valence-electron chi connectivity index (χ0n) is 12.1. The molecule has 2 N–H and O–H groups in total. The molecule has 1 aromatic carbocycles. The van der Waals surface area contributed by atoms with E-state index in [9.17, 15) is 14.3 Å². The summed E-state index contributed by atoms with van der Waals surface area (Å²) in [5.74, 6) is -0.454. The highest BCUT2D eigenvalue weighted by atomic mass is 19.1. The zero-order chi connectivity index (χ0) is 15.2. The van der Waals surface area contributed by atoms with E-state index >= 15 is 0 Å². The predicted molar refractivity (Wildman–Crippen MR) is 76.5 cm³/mol. The normalized spacial score (nSPS) is 16.8. The van der Waals surface area contributed by atoms with Gasteiger partial charge in [0.25, 0.3) is 0 Å². The van der Waals surface area contributed by atoms with Crippen molar-refractivity contribution in [2.75, 3.05) is 32.8 Å². The first-order valence-corrected chi connectivity index (χ1v) is 7.15. The van der Waals surface area contributed by atoms with Gasteiger partial charge >= 0.3 is 0 Å². The predicted octanol–water partition coefficient (Wildman–Crippen LogP) is 1.43. The average Bonchev–Trinajstić information content (AvgIpc) is 2.47. The molecule has 1 amide bonds. The number of carbonyl (C=O) groups excluding carboxylic acids is 1. The molecule has 1 heterocycles. The minimum absolute atomic E-state index is 0.0872. The number of ether oxygens (including phenoxy) is 1. The van der Waals surface area contributed by atoms with Crippen molar-refractivity contribution in [2.45, 2.75) is 19.4 Å². The summed E-state index contributed by atoms with van der Waals surface area (Å²) < 4.78 is 18.9. The maximum atomic E-state index is 13.7. The van der Waals surface area contributed by atoms with Gasteiger partial charge in [-0.15, -0.1) is 0 Å². The van der Waals surface area contributed by atoms with Crippen LogP contribution < -0.4 is 5.32 Å². The molecule has 1 aromatic rings. The highest BCUT2D eigenvalue weighted by Crippen LogP contribution is 2.20. The van der Waals surface area contributed by atoms with Crippen LogP contribution in [0.15, 0.2) is 18.2 Å². The van der Waals surface area contributed by atoms with Gasteiger partial charge < -0.3 is 20.1 Å². The smallest absolute Gasteiger partial charge is 0.224 e. The number of hydrogen-bond donors (Lipinski definition) is 2. The summed E-state index contributed by atoms with van der Waals surface area (Å²) >= 11 is 0. The molecule has 0 bridgehead atoms. The van der Waals surface area contributed by atoms with Crippen molar-refractivity contribution in [3.8, 4) is 5.75 Å². The van der Waals surface area contributed by atoms with E-state index in [-0.39, 0.29) is 17.7 Å². The van der Waals surface area contributed by atoms with Gasteiger partial charge in [0.15, 0.2) is 0 Å². The molecule has 0 aromatic heterocycles. The maximum absolute atomic E-state index is 13.7. The Morgan fingerprint density at radius 2 is 2.19 bits per heavy atom. The second kappa shape index (κ2) is 7.38. The van der Waals surface area contributed by atoms with Crippen molar-refractivity contribution in [1.82, 2.24) is 10.2 Å². The number of halogens is 1. The fourth-order valence-corrected chi connectivity index (χ4v) is 2.34. The molecule has 116 valence electrons. The van der Waals surface area contributed by atoms with Gasteiger partial charge in [-0.05, 0) is 13.0 Å². The molecule has 1 fully saturated rings. The van der Waals surface area contributed by atoms with Gasteiger partial charge in [-0.2, -0.15) is 0 Å². The number of nitrogens with one attached hydrogen (secondary N) is 1. The van der Waals surface area contributed by atoms with E-state index in [1.165, 1.54) is 6.07 Å². The second-order valence-corrected chi connectivity index (χ2v) is 5.12. The molecule has 0 aliphatic carbocycles. The number of amides is 1. The van der Waals surface area contributed by atoms with Crippen molar-refractivity contribution < 1.29 is 19.0 Å². The van der Waals surface area contributed by atoms with Gasteiger partial charge in [0.2, 0.25) is 5.91 Å². The third-order valence-electron chi connectivity index (χ3n) is 3.60. The van der Waals surface area contributed by atoms with Crippen LogP contribution in [0.25, 0.3) is 0 Å². The highest BCUT2D eigenvalue weighted by molar-refractivity contribution is 5.76. The van der Waals surface area contributed by atoms with Crippen molar-refractivity contribution in [1.29, 1.82) is 0 Å². The molecule has 0 spiro atoms. The number of carbonyl (C=O) groups is 1. The summed E-state index contributed by atoms with van der Waals surface area (Å²) in [4.78, 5) is 13.7. The topological polar surface area (TPSA) is 61.8 Å². The molecule has 1 aliphatic heterocycles. The quantitative estimate of drug-likeness (QED) is 0.863. The van der Waals surface area contributed by atoms with E-state index in [0.29, 0.717) is 44.8 Å². The average molecular weight is 296 g/mol. The van der Waals surface area contributed by atoms with E-state index in [4.69, 9.17) is 4.74 Å². The maximum Gasteiger partial charge on any atom is 0.224 e. The Kier molecular flexibility index (Phi) is 5.52. The number of phenolic OH excluding ortho intramolecular Hbond substituents is 1. The molecule has 2 rings (SSSR count). The molecule has 1 atom stereocenters. The van der Waals surface area contributed by atoms with E-state index in [1.807, 2.05) is 6.92 Å². The third kappa shape index (κ3) is 4.41. The van der Waals surface area contributed by atoms with E-state index in [2.05, 4.69) is 5.32 Å². The molecular formula is C15H21FN2O3. The molecule has 21 heavy (non-hydrogen) atoms. The lowest BCUT2D eigenvalue weighted by atomic mass is 10.1. The lowest BCUT2D eigenvalue weighted by Gasteiger charge is -2.27. The van der Waals surface area contributed by atoms with Crippen LogP contribution in [0.3, 0.4) is 0 Å². The van der Waals surface area contributed by atoms with Crippen LogP contribution >= 0.6 is 0 Å². The number of aromatic hydroxyl groups is 1. The number of rotatable bonds is 5. The lowest BCUT2D eigenvalue weighted by Crippen LogP contribution is -2.41. The van der Waals surface area contributed by atoms with Gasteiger partial charge in [0.1, 0.15) is 11.6 Å². The monoisotopic (exact) mass is 296 g/mol. The summed E-state index contributed by atoms with van der Waals surface area (Å²) in [7, 11) is 0. The van der Waals surface area contributed by atoms with Crippen LogP contribution in [-0.2, 0) is 9.53 Å². The first-order valence-electron chi connectivity index (χ1n) is 7.15. The Labute approximate surface area is 123 Å². The molecule has 0 saturated carbocycles. The first kappa shape index (κ1) is 15.7. The number of nitrogens with zero attached hydrogens (tertiary/aromatic N) is 1.